The smallest absolute Gasteiger partial charge is 0.433 e. The quantitative estimate of drug-likeness (QED) is 0.341. The zero-order valence-corrected chi connectivity index (χ0v) is 16.6. The number of benzene rings is 2. The van der Waals surface area contributed by atoms with Crippen LogP contribution in [0.1, 0.15) is 31.0 Å². The van der Waals surface area contributed by atoms with Crippen LogP contribution in [0.2, 0.25) is 0 Å². The van der Waals surface area contributed by atoms with Crippen LogP contribution in [-0.2, 0) is 6.18 Å². The molecule has 0 aliphatic rings. The Morgan fingerprint density at radius 2 is 1.87 bits per heavy atom. The van der Waals surface area contributed by atoms with E-state index < -0.39 is 11.9 Å². The minimum atomic E-state index is -4.55. The lowest BCUT2D eigenvalue weighted by Gasteiger charge is -2.11. The number of nitrogens with zero attached hydrogens (tertiary/aromatic N) is 1. The molecule has 2 aromatic carbocycles. The molecule has 0 amide bonds. The number of fused-ring (bicyclic) bond motifs is 2. The molecule has 0 unspecified atom stereocenters. The molecule has 6 heteroatoms. The van der Waals surface area contributed by atoms with Crippen LogP contribution in [0.3, 0.4) is 0 Å². The van der Waals surface area contributed by atoms with Crippen molar-refractivity contribution in [2.75, 3.05) is 7.11 Å². The van der Waals surface area contributed by atoms with E-state index in [0.29, 0.717) is 11.1 Å². The van der Waals surface area contributed by atoms with Gasteiger partial charge in [-0.05, 0) is 30.7 Å². The molecule has 3 nitrogen and oxygen atoms in total. The molecule has 0 aliphatic heterocycles. The molecule has 2 aromatic heterocycles. The lowest BCUT2D eigenvalue weighted by Crippen LogP contribution is -2.08. The van der Waals surface area contributed by atoms with Gasteiger partial charge >= 0.3 is 6.18 Å². The first-order chi connectivity index (χ1) is 14.4. The van der Waals surface area contributed by atoms with E-state index >= 15 is 0 Å². The second kappa shape index (κ2) is 7.86. The minimum Gasteiger partial charge on any atom is -0.496 e. The Kier molecular flexibility index (Phi) is 5.24. The fourth-order valence-electron chi connectivity index (χ4n) is 3.46. The number of hydrogen-bond donors (Lipinski definition) is 0. The van der Waals surface area contributed by atoms with Crippen LogP contribution in [0.15, 0.2) is 59.0 Å². The zero-order chi connectivity index (χ0) is 21.3. The molecule has 0 spiro atoms. The minimum absolute atomic E-state index is 0.119. The number of para-hydroxylation sites is 1. The predicted molar refractivity (Wildman–Crippen MR) is 112 cm³/mol. The molecule has 4 aromatic rings. The average Bonchev–Trinajstić information content (AvgIpc) is 3.11. The van der Waals surface area contributed by atoms with Gasteiger partial charge in [0, 0.05) is 28.0 Å². The molecular weight excluding hydrogens is 391 g/mol. The summed E-state index contributed by atoms with van der Waals surface area (Å²) >= 11 is 0. The van der Waals surface area contributed by atoms with E-state index in [-0.39, 0.29) is 11.3 Å². The first-order valence-electron chi connectivity index (χ1n) is 9.66. The predicted octanol–water partition coefficient (Wildman–Crippen LogP) is 7.49. The van der Waals surface area contributed by atoms with Gasteiger partial charge in [-0.1, -0.05) is 43.7 Å². The third-order valence-electron chi connectivity index (χ3n) is 4.92. The highest BCUT2D eigenvalue weighted by Gasteiger charge is 2.33. The molecule has 0 saturated heterocycles. The van der Waals surface area contributed by atoms with Crippen molar-refractivity contribution in [3.05, 3.63) is 65.9 Å². The van der Waals surface area contributed by atoms with Crippen molar-refractivity contribution >= 4 is 27.9 Å². The molecule has 2 heterocycles. The summed E-state index contributed by atoms with van der Waals surface area (Å²) in [6.45, 7) is 2.11. The maximum atomic E-state index is 13.2. The number of methoxy groups -OCH3 is 1. The molecule has 154 valence electrons. The van der Waals surface area contributed by atoms with Crippen molar-refractivity contribution in [1.82, 2.24) is 4.98 Å². The number of aromatic nitrogens is 1. The third kappa shape index (κ3) is 3.65. The van der Waals surface area contributed by atoms with Crippen LogP contribution in [-0.4, -0.2) is 12.1 Å². The molecule has 0 N–H and O–H groups in total. The summed E-state index contributed by atoms with van der Waals surface area (Å²) in [6, 6.07) is 13.7. The summed E-state index contributed by atoms with van der Waals surface area (Å²) < 4.78 is 50.8. The fourth-order valence-corrected chi connectivity index (χ4v) is 3.46. The molecular formula is C24H20F3NO2. The van der Waals surface area contributed by atoms with Crippen molar-refractivity contribution in [2.45, 2.75) is 25.9 Å². The first kappa shape index (κ1) is 20.0. The van der Waals surface area contributed by atoms with Gasteiger partial charge in [-0.25, -0.2) is 4.98 Å². The van der Waals surface area contributed by atoms with Crippen molar-refractivity contribution in [2.24, 2.45) is 0 Å². The van der Waals surface area contributed by atoms with E-state index in [9.17, 15) is 13.2 Å². The summed E-state index contributed by atoms with van der Waals surface area (Å²) in [5, 5.41) is 1.48. The Morgan fingerprint density at radius 1 is 1.07 bits per heavy atom. The lowest BCUT2D eigenvalue weighted by atomic mass is 10.0. The van der Waals surface area contributed by atoms with Crippen LogP contribution < -0.4 is 4.74 Å². The van der Waals surface area contributed by atoms with Gasteiger partial charge < -0.3 is 9.15 Å². The van der Waals surface area contributed by atoms with Crippen molar-refractivity contribution in [1.29, 1.82) is 0 Å². The van der Waals surface area contributed by atoms with Crippen molar-refractivity contribution in [3.8, 4) is 17.1 Å². The van der Waals surface area contributed by atoms with Crippen LogP contribution in [0.4, 0.5) is 13.2 Å². The maximum absolute atomic E-state index is 13.2. The number of unbranched alkanes of at least 4 members (excludes halogenated alkanes) is 1. The van der Waals surface area contributed by atoms with Gasteiger partial charge in [-0.3, -0.25) is 0 Å². The maximum Gasteiger partial charge on any atom is 0.433 e. The van der Waals surface area contributed by atoms with Gasteiger partial charge in [0.05, 0.1) is 12.6 Å². The van der Waals surface area contributed by atoms with Crippen LogP contribution >= 0.6 is 0 Å². The van der Waals surface area contributed by atoms with Gasteiger partial charge in [-0.2, -0.15) is 13.2 Å². The number of rotatable bonds is 5. The number of hydrogen-bond acceptors (Lipinski definition) is 3. The molecule has 0 atom stereocenters. The second-order valence-electron chi connectivity index (χ2n) is 6.97. The number of alkyl halides is 3. The van der Waals surface area contributed by atoms with Gasteiger partial charge in [0.25, 0.3) is 0 Å². The van der Waals surface area contributed by atoms with Gasteiger partial charge in [0.1, 0.15) is 22.8 Å². The summed E-state index contributed by atoms with van der Waals surface area (Å²) in [6.07, 6.45) is 1.56. The van der Waals surface area contributed by atoms with E-state index in [0.717, 1.165) is 41.0 Å². The Hall–Kier alpha value is -3.28. The Morgan fingerprint density at radius 3 is 2.60 bits per heavy atom. The van der Waals surface area contributed by atoms with Gasteiger partial charge in [0.2, 0.25) is 0 Å². The number of pyridine rings is 1. The highest BCUT2D eigenvalue weighted by molar-refractivity contribution is 5.96. The SMILES string of the molecule is CCCC=Cc1c(-c2ccc3nc(C(F)(F)F)cc(OC)c3c2)oc2ccccc12. The van der Waals surface area contributed by atoms with Crippen molar-refractivity contribution < 1.29 is 22.3 Å². The molecule has 0 aliphatic carbocycles. The summed E-state index contributed by atoms with van der Waals surface area (Å²) in [4.78, 5) is 3.77. The fraction of sp³-hybridized carbons (Fsp3) is 0.208. The highest BCUT2D eigenvalue weighted by atomic mass is 19.4. The monoisotopic (exact) mass is 411 g/mol. The van der Waals surface area contributed by atoms with Gasteiger partial charge in [0.15, 0.2) is 0 Å². The molecule has 0 saturated carbocycles. The van der Waals surface area contributed by atoms with Gasteiger partial charge in [-0.15, -0.1) is 0 Å². The first-order valence-corrected chi connectivity index (χ1v) is 9.66. The lowest BCUT2D eigenvalue weighted by molar-refractivity contribution is -0.141. The third-order valence-corrected chi connectivity index (χ3v) is 4.92. The largest absolute Gasteiger partial charge is 0.496 e. The molecule has 0 bridgehead atoms. The van der Waals surface area contributed by atoms with Crippen LogP contribution in [0.25, 0.3) is 39.3 Å². The Balaban J connectivity index is 1.91. The second-order valence-corrected chi connectivity index (χ2v) is 6.97. The Bertz CT molecular complexity index is 1240. The number of ether oxygens (including phenoxy) is 1. The van der Waals surface area contributed by atoms with E-state index in [2.05, 4.69) is 18.0 Å². The number of halogens is 3. The van der Waals surface area contributed by atoms with E-state index in [1.54, 1.807) is 18.2 Å². The molecule has 0 fully saturated rings. The van der Waals surface area contributed by atoms with Crippen molar-refractivity contribution in [3.63, 3.8) is 0 Å². The average molecular weight is 411 g/mol. The number of furan rings is 1. The topological polar surface area (TPSA) is 35.3 Å². The summed E-state index contributed by atoms with van der Waals surface area (Å²) in [5.41, 5.74) is 1.67. The number of allylic oxidation sites excluding steroid dienone is 1. The van der Waals surface area contributed by atoms with E-state index in [1.807, 2.05) is 30.3 Å². The molecule has 0 radical (unpaired) electrons. The molecule has 4 rings (SSSR count). The zero-order valence-electron chi connectivity index (χ0n) is 16.6. The molecule has 30 heavy (non-hydrogen) atoms. The highest BCUT2D eigenvalue weighted by Crippen LogP contribution is 2.39. The summed E-state index contributed by atoms with van der Waals surface area (Å²) in [7, 11) is 1.35. The van der Waals surface area contributed by atoms with E-state index in [4.69, 9.17) is 9.15 Å². The summed E-state index contributed by atoms with van der Waals surface area (Å²) in [5.74, 6) is 0.778. The van der Waals surface area contributed by atoms with Crippen LogP contribution in [0.5, 0.6) is 5.75 Å². The van der Waals surface area contributed by atoms with Crippen LogP contribution in [0, 0.1) is 0 Å². The standard InChI is InChI=1S/C24H20F3NO2/c1-3-4-5-9-17-16-8-6-7-10-20(16)30-23(17)15-11-12-19-18(13-15)21(29-2)14-22(28-19)24(25,26)27/h5-14H,3-4H2,1-2H3. The Labute approximate surface area is 171 Å². The normalized spacial score (nSPS) is 12.3. The van der Waals surface area contributed by atoms with E-state index in [1.165, 1.54) is 7.11 Å².